The van der Waals surface area contributed by atoms with Crippen LogP contribution in [0.15, 0.2) is 0 Å². The first-order valence-electron chi connectivity index (χ1n) is 11.9. The van der Waals surface area contributed by atoms with E-state index in [1.54, 1.807) is 6.92 Å². The Bertz CT molecular complexity index is 354. The van der Waals surface area contributed by atoms with E-state index in [-0.39, 0.29) is 17.7 Å². The van der Waals surface area contributed by atoms with Gasteiger partial charge in [-0.15, -0.1) is 0 Å². The zero-order chi connectivity index (χ0) is 20.2. The fourth-order valence-corrected chi connectivity index (χ4v) is 3.55. The predicted octanol–water partition coefficient (Wildman–Crippen LogP) is 7.12. The fraction of sp³-hybridized carbons (Fsp3) is 0.917. The molecule has 3 nitrogen and oxygen atoms in total. The summed E-state index contributed by atoms with van der Waals surface area (Å²) in [5.74, 6) is 0.139. The Labute approximate surface area is 169 Å². The first-order valence-corrected chi connectivity index (χ1v) is 11.9. The topological polar surface area (TPSA) is 46.2 Å². The molecular weight excluding hydrogens is 334 g/mol. The van der Waals surface area contributed by atoms with Gasteiger partial charge in [-0.2, -0.15) is 0 Å². The minimum atomic E-state index is -0.272. The molecule has 1 N–H and O–H groups in total. The number of nitrogens with one attached hydrogen (secondary N) is 1. The summed E-state index contributed by atoms with van der Waals surface area (Å²) in [5.41, 5.74) is 0. The molecule has 0 aliphatic rings. The molecule has 0 aliphatic carbocycles. The molecule has 0 aliphatic heterocycles. The molecule has 0 spiro atoms. The molecule has 0 aromatic heterocycles. The number of rotatable bonds is 20. The van der Waals surface area contributed by atoms with Crippen LogP contribution in [0.25, 0.3) is 0 Å². The summed E-state index contributed by atoms with van der Waals surface area (Å²) >= 11 is 0. The second kappa shape index (κ2) is 19.9. The van der Waals surface area contributed by atoms with Crippen molar-refractivity contribution < 1.29 is 9.59 Å². The summed E-state index contributed by atoms with van der Waals surface area (Å²) in [6, 6.07) is -0.272. The van der Waals surface area contributed by atoms with Gasteiger partial charge in [-0.3, -0.25) is 9.59 Å². The largest absolute Gasteiger partial charge is 0.346 e. The number of carbonyl (C=O) groups is 2. The van der Waals surface area contributed by atoms with Crippen LogP contribution >= 0.6 is 0 Å². The highest BCUT2D eigenvalue weighted by Crippen LogP contribution is 2.13. The number of hydrogen-bond donors (Lipinski definition) is 1. The highest BCUT2D eigenvalue weighted by molar-refractivity contribution is 5.87. The first-order chi connectivity index (χ1) is 13.1. The van der Waals surface area contributed by atoms with Gasteiger partial charge in [0.25, 0.3) is 0 Å². The zero-order valence-electron chi connectivity index (χ0n) is 18.6. The standard InChI is InChI=1S/C24H47NO2/c1-4-6-8-9-10-11-12-13-14-15-16-17-19-21-24(27)25-23(22(3)26)20-18-7-5-2/h23H,4-21H2,1-3H3,(H,25,27)/t23-/m0/s1. The SMILES string of the molecule is CCCCCCCCCCCCCCCC(=O)N[C@@H](CCCCC)C(C)=O. The van der Waals surface area contributed by atoms with Crippen LogP contribution in [-0.4, -0.2) is 17.7 Å². The molecule has 0 saturated heterocycles. The average molecular weight is 382 g/mol. The summed E-state index contributed by atoms with van der Waals surface area (Å²) < 4.78 is 0. The second-order valence-electron chi connectivity index (χ2n) is 8.22. The van der Waals surface area contributed by atoms with Gasteiger partial charge in [-0.05, 0) is 19.8 Å². The van der Waals surface area contributed by atoms with Crippen molar-refractivity contribution in [3.63, 3.8) is 0 Å². The molecule has 1 amide bonds. The molecule has 0 saturated carbocycles. The molecule has 3 heteroatoms. The molecule has 0 fully saturated rings. The maximum Gasteiger partial charge on any atom is 0.220 e. The molecule has 0 heterocycles. The quantitative estimate of drug-likeness (QED) is 0.228. The van der Waals surface area contributed by atoms with Gasteiger partial charge in [-0.25, -0.2) is 0 Å². The molecule has 0 aromatic carbocycles. The maximum absolute atomic E-state index is 12.0. The van der Waals surface area contributed by atoms with E-state index in [1.807, 2.05) is 0 Å². The van der Waals surface area contributed by atoms with Crippen molar-refractivity contribution in [2.24, 2.45) is 0 Å². The van der Waals surface area contributed by atoms with Crippen molar-refractivity contribution in [1.29, 1.82) is 0 Å². The normalized spacial score (nSPS) is 12.1. The van der Waals surface area contributed by atoms with E-state index in [0.717, 1.165) is 38.5 Å². The van der Waals surface area contributed by atoms with E-state index in [9.17, 15) is 9.59 Å². The maximum atomic E-state index is 12.0. The summed E-state index contributed by atoms with van der Waals surface area (Å²) in [6.07, 6.45) is 21.7. The third kappa shape index (κ3) is 18.3. The van der Waals surface area contributed by atoms with Crippen molar-refractivity contribution in [2.75, 3.05) is 0 Å². The van der Waals surface area contributed by atoms with Gasteiger partial charge in [0.1, 0.15) is 0 Å². The van der Waals surface area contributed by atoms with E-state index in [2.05, 4.69) is 19.2 Å². The van der Waals surface area contributed by atoms with Gasteiger partial charge in [0, 0.05) is 6.42 Å². The van der Waals surface area contributed by atoms with E-state index < -0.39 is 0 Å². The Morgan fingerprint density at radius 1 is 0.630 bits per heavy atom. The van der Waals surface area contributed by atoms with Crippen molar-refractivity contribution in [2.45, 2.75) is 142 Å². The number of carbonyl (C=O) groups excluding carboxylic acids is 2. The van der Waals surface area contributed by atoms with Gasteiger partial charge >= 0.3 is 0 Å². The molecule has 0 radical (unpaired) electrons. The van der Waals surface area contributed by atoms with Crippen molar-refractivity contribution in [1.82, 2.24) is 5.32 Å². The number of ketones is 1. The van der Waals surface area contributed by atoms with Crippen LogP contribution in [0.2, 0.25) is 0 Å². The molecule has 0 bridgehead atoms. The van der Waals surface area contributed by atoms with Gasteiger partial charge < -0.3 is 5.32 Å². The fourth-order valence-electron chi connectivity index (χ4n) is 3.55. The minimum absolute atomic E-state index is 0.0507. The lowest BCUT2D eigenvalue weighted by Crippen LogP contribution is -2.39. The van der Waals surface area contributed by atoms with E-state index in [1.165, 1.54) is 70.6 Å². The third-order valence-electron chi connectivity index (χ3n) is 5.43. The smallest absolute Gasteiger partial charge is 0.220 e. The van der Waals surface area contributed by atoms with Crippen molar-refractivity contribution in [3.05, 3.63) is 0 Å². The van der Waals surface area contributed by atoms with Crippen molar-refractivity contribution in [3.8, 4) is 0 Å². The molecule has 27 heavy (non-hydrogen) atoms. The highest BCUT2D eigenvalue weighted by Gasteiger charge is 2.15. The Hall–Kier alpha value is -0.860. The van der Waals surface area contributed by atoms with Crippen LogP contribution in [0.5, 0.6) is 0 Å². The number of hydrogen-bond acceptors (Lipinski definition) is 2. The van der Waals surface area contributed by atoms with Crippen LogP contribution in [0.3, 0.4) is 0 Å². The summed E-state index contributed by atoms with van der Waals surface area (Å²) in [7, 11) is 0. The van der Waals surface area contributed by atoms with Gasteiger partial charge in [0.05, 0.1) is 6.04 Å². The summed E-state index contributed by atoms with van der Waals surface area (Å²) in [6.45, 7) is 6.00. The lowest BCUT2D eigenvalue weighted by Gasteiger charge is -2.15. The Morgan fingerprint density at radius 3 is 1.48 bits per heavy atom. The predicted molar refractivity (Wildman–Crippen MR) is 117 cm³/mol. The Balaban J connectivity index is 3.47. The van der Waals surface area contributed by atoms with Crippen LogP contribution in [0.4, 0.5) is 0 Å². The van der Waals surface area contributed by atoms with E-state index in [4.69, 9.17) is 0 Å². The second-order valence-corrected chi connectivity index (χ2v) is 8.22. The Kier molecular flexibility index (Phi) is 19.3. The summed E-state index contributed by atoms with van der Waals surface area (Å²) in [4.78, 5) is 23.7. The monoisotopic (exact) mass is 381 g/mol. The van der Waals surface area contributed by atoms with E-state index in [0.29, 0.717) is 6.42 Å². The number of Topliss-reactive ketones (excluding diaryl/α,β-unsaturated/α-hetero) is 1. The zero-order valence-corrected chi connectivity index (χ0v) is 18.6. The summed E-state index contributed by atoms with van der Waals surface area (Å²) in [5, 5.41) is 2.93. The number of unbranched alkanes of at least 4 members (excludes halogenated alkanes) is 14. The molecule has 0 rings (SSSR count). The van der Waals surface area contributed by atoms with Gasteiger partial charge in [0.2, 0.25) is 5.91 Å². The van der Waals surface area contributed by atoms with Crippen LogP contribution < -0.4 is 5.32 Å². The number of amides is 1. The molecule has 0 aromatic rings. The van der Waals surface area contributed by atoms with Crippen LogP contribution in [-0.2, 0) is 9.59 Å². The first kappa shape index (κ1) is 26.1. The average Bonchev–Trinajstić information content (AvgIpc) is 2.64. The molecular formula is C24H47NO2. The lowest BCUT2D eigenvalue weighted by molar-refractivity contribution is -0.127. The lowest BCUT2D eigenvalue weighted by atomic mass is 10.0. The molecule has 1 atom stereocenters. The molecule has 160 valence electrons. The minimum Gasteiger partial charge on any atom is -0.346 e. The van der Waals surface area contributed by atoms with Gasteiger partial charge in [-0.1, -0.05) is 110 Å². The van der Waals surface area contributed by atoms with E-state index >= 15 is 0 Å². The third-order valence-corrected chi connectivity index (χ3v) is 5.43. The molecule has 0 unspecified atom stereocenters. The Morgan fingerprint density at radius 2 is 1.04 bits per heavy atom. The van der Waals surface area contributed by atoms with Crippen LogP contribution in [0, 0.1) is 0 Å². The highest BCUT2D eigenvalue weighted by atomic mass is 16.2. The van der Waals surface area contributed by atoms with Gasteiger partial charge in [0.15, 0.2) is 5.78 Å². The van der Waals surface area contributed by atoms with Crippen molar-refractivity contribution >= 4 is 11.7 Å². The van der Waals surface area contributed by atoms with Crippen LogP contribution in [0.1, 0.15) is 136 Å².